The Labute approximate surface area is 143 Å². The summed E-state index contributed by atoms with van der Waals surface area (Å²) in [6, 6.07) is 4.55. The van der Waals surface area contributed by atoms with E-state index in [-0.39, 0.29) is 11.9 Å². The van der Waals surface area contributed by atoms with E-state index in [9.17, 15) is 4.79 Å². The molecule has 5 rings (SSSR count). The molecule has 2 bridgehead atoms. The molecule has 23 heavy (non-hydrogen) atoms. The van der Waals surface area contributed by atoms with Gasteiger partial charge in [0.2, 0.25) is 0 Å². The number of piperidine rings is 3. The van der Waals surface area contributed by atoms with Crippen molar-refractivity contribution in [1.29, 1.82) is 0 Å². The van der Waals surface area contributed by atoms with Crippen LogP contribution in [0.3, 0.4) is 0 Å². The van der Waals surface area contributed by atoms with E-state index in [1.165, 1.54) is 49.0 Å². The lowest BCUT2D eigenvalue weighted by molar-refractivity contribution is 0.0218. The first kappa shape index (κ1) is 15.2. The average molecular weight is 349 g/mol. The number of aromatic nitrogens is 1. The van der Waals surface area contributed by atoms with Gasteiger partial charge in [-0.25, -0.2) is 4.98 Å². The summed E-state index contributed by atoms with van der Waals surface area (Å²) >= 11 is 2.93. The number of hydrogen-bond donors (Lipinski definition) is 1. The van der Waals surface area contributed by atoms with E-state index in [2.05, 4.69) is 22.1 Å². The molecule has 3 aliphatic rings. The Hall–Kier alpha value is -1.31. The van der Waals surface area contributed by atoms with Crippen LogP contribution < -0.4 is 5.32 Å². The molecule has 2 atom stereocenters. The molecular formula is C16H19N3O2S2. The van der Waals surface area contributed by atoms with Gasteiger partial charge >= 0.3 is 0 Å². The third-order valence-corrected chi connectivity index (χ3v) is 6.97. The number of amides is 1. The van der Waals surface area contributed by atoms with Crippen molar-refractivity contribution in [3.8, 4) is 0 Å². The van der Waals surface area contributed by atoms with Crippen molar-refractivity contribution in [2.24, 2.45) is 5.92 Å². The van der Waals surface area contributed by atoms with Crippen LogP contribution in [0.4, 0.5) is 0 Å². The number of hydrogen-bond acceptors (Lipinski definition) is 6. The van der Waals surface area contributed by atoms with Crippen LogP contribution in [0.5, 0.6) is 0 Å². The van der Waals surface area contributed by atoms with Gasteiger partial charge in [0.25, 0.3) is 11.1 Å². The van der Waals surface area contributed by atoms with Crippen molar-refractivity contribution in [3.63, 3.8) is 0 Å². The molecule has 1 amide bonds. The molecule has 2 aromatic rings. The maximum atomic E-state index is 12.6. The van der Waals surface area contributed by atoms with Gasteiger partial charge in [-0.05, 0) is 62.7 Å². The lowest BCUT2D eigenvalue weighted by Gasteiger charge is -2.49. The number of fused-ring (bicyclic) bond motifs is 3. The molecule has 0 saturated carbocycles. The highest BCUT2D eigenvalue weighted by atomic mass is 32.2. The maximum Gasteiger partial charge on any atom is 0.261 e. The Morgan fingerprint density at radius 3 is 2.96 bits per heavy atom. The Morgan fingerprint density at radius 1 is 1.43 bits per heavy atom. The fraction of sp³-hybridized carbons (Fsp3) is 0.500. The van der Waals surface area contributed by atoms with Gasteiger partial charge in [-0.2, -0.15) is 0 Å². The van der Waals surface area contributed by atoms with Crippen molar-refractivity contribution in [2.45, 2.75) is 41.3 Å². The first-order valence-electron chi connectivity index (χ1n) is 7.93. The smallest absolute Gasteiger partial charge is 0.261 e. The molecule has 0 aromatic carbocycles. The Bertz CT molecular complexity index is 675. The zero-order valence-electron chi connectivity index (χ0n) is 12.9. The molecule has 0 aliphatic carbocycles. The van der Waals surface area contributed by atoms with Gasteiger partial charge in [0.05, 0.1) is 15.3 Å². The number of carbonyl (C=O) groups is 1. The first-order valence-corrected chi connectivity index (χ1v) is 9.56. The third kappa shape index (κ3) is 3.05. The largest absolute Gasteiger partial charge is 0.440 e. The standard InChI is InChI=1S/C16H19N3O2S2/c1-10-14(11-4-7-19(10)8-5-11)18-15(20)12-2-3-13(22-12)23-16-17-6-9-21-16/h2-3,6,9-11,14H,4-5,7-8H2,1H3,(H,18,20). The topological polar surface area (TPSA) is 58.4 Å². The summed E-state index contributed by atoms with van der Waals surface area (Å²) in [7, 11) is 0. The Kier molecular flexibility index (Phi) is 4.17. The van der Waals surface area contributed by atoms with E-state index in [0.29, 0.717) is 17.2 Å². The summed E-state index contributed by atoms with van der Waals surface area (Å²) in [5.41, 5.74) is 0. The van der Waals surface area contributed by atoms with E-state index in [4.69, 9.17) is 4.42 Å². The number of nitrogens with zero attached hydrogens (tertiary/aromatic N) is 2. The van der Waals surface area contributed by atoms with E-state index in [1.54, 1.807) is 12.5 Å². The zero-order chi connectivity index (χ0) is 15.8. The van der Waals surface area contributed by atoms with Gasteiger partial charge < -0.3 is 9.73 Å². The van der Waals surface area contributed by atoms with Crippen LogP contribution in [-0.4, -0.2) is 41.0 Å². The molecule has 2 aromatic heterocycles. The molecule has 1 N–H and O–H groups in total. The van der Waals surface area contributed by atoms with Crippen LogP contribution in [0.1, 0.15) is 29.4 Å². The van der Waals surface area contributed by atoms with Crippen molar-refractivity contribution in [2.75, 3.05) is 13.1 Å². The number of oxazole rings is 1. The average Bonchev–Trinajstić information content (AvgIpc) is 3.23. The van der Waals surface area contributed by atoms with Crippen molar-refractivity contribution in [3.05, 3.63) is 29.5 Å². The second-order valence-electron chi connectivity index (χ2n) is 6.13. The quantitative estimate of drug-likeness (QED) is 0.919. The minimum absolute atomic E-state index is 0.0415. The molecule has 0 spiro atoms. The summed E-state index contributed by atoms with van der Waals surface area (Å²) < 4.78 is 6.24. The molecule has 5 heterocycles. The molecule has 0 radical (unpaired) electrons. The fourth-order valence-corrected chi connectivity index (χ4v) is 5.43. The minimum atomic E-state index is 0.0415. The van der Waals surface area contributed by atoms with Gasteiger partial charge in [0.15, 0.2) is 0 Å². The van der Waals surface area contributed by atoms with Crippen LogP contribution in [0.15, 0.2) is 38.4 Å². The summed E-state index contributed by atoms with van der Waals surface area (Å²) in [6.45, 7) is 4.58. The summed E-state index contributed by atoms with van der Waals surface area (Å²) in [6.07, 6.45) is 5.58. The minimum Gasteiger partial charge on any atom is -0.440 e. The summed E-state index contributed by atoms with van der Waals surface area (Å²) in [4.78, 5) is 19.9. The SMILES string of the molecule is CC1C(NC(=O)c2ccc(Sc3ncco3)s2)C2CCN1CC2. The van der Waals surface area contributed by atoms with Gasteiger partial charge in [-0.15, -0.1) is 11.3 Å². The number of nitrogens with one attached hydrogen (secondary N) is 1. The van der Waals surface area contributed by atoms with Crippen LogP contribution in [-0.2, 0) is 0 Å². The molecule has 3 saturated heterocycles. The van der Waals surface area contributed by atoms with E-state index >= 15 is 0 Å². The third-order valence-electron chi connectivity index (χ3n) is 4.88. The second kappa shape index (κ2) is 6.30. The number of rotatable bonds is 4. The molecule has 122 valence electrons. The van der Waals surface area contributed by atoms with Crippen LogP contribution in [0.2, 0.25) is 0 Å². The zero-order valence-corrected chi connectivity index (χ0v) is 14.5. The first-order chi connectivity index (χ1) is 11.2. The van der Waals surface area contributed by atoms with E-state index in [1.807, 2.05) is 12.1 Å². The summed E-state index contributed by atoms with van der Waals surface area (Å²) in [5, 5.41) is 3.87. The van der Waals surface area contributed by atoms with Crippen LogP contribution >= 0.6 is 23.1 Å². The fourth-order valence-electron chi connectivity index (χ4n) is 3.61. The normalized spacial score (nSPS) is 29.6. The highest BCUT2D eigenvalue weighted by Gasteiger charge is 2.40. The Morgan fingerprint density at radius 2 is 2.26 bits per heavy atom. The van der Waals surface area contributed by atoms with E-state index < -0.39 is 0 Å². The van der Waals surface area contributed by atoms with Gasteiger partial charge in [0, 0.05) is 12.1 Å². The van der Waals surface area contributed by atoms with Crippen LogP contribution in [0.25, 0.3) is 0 Å². The molecule has 7 heteroatoms. The highest BCUT2D eigenvalue weighted by molar-refractivity contribution is 8.01. The van der Waals surface area contributed by atoms with Crippen molar-refractivity contribution in [1.82, 2.24) is 15.2 Å². The van der Waals surface area contributed by atoms with E-state index in [0.717, 1.165) is 9.09 Å². The summed E-state index contributed by atoms with van der Waals surface area (Å²) in [5.74, 6) is 0.667. The molecule has 2 unspecified atom stereocenters. The lowest BCUT2D eigenvalue weighted by atomic mass is 9.79. The van der Waals surface area contributed by atoms with Crippen molar-refractivity contribution >= 4 is 29.0 Å². The molecular weight excluding hydrogens is 330 g/mol. The van der Waals surface area contributed by atoms with Crippen LogP contribution in [0, 0.1) is 5.92 Å². The van der Waals surface area contributed by atoms with Crippen molar-refractivity contribution < 1.29 is 9.21 Å². The number of thiophene rings is 1. The van der Waals surface area contributed by atoms with Gasteiger partial charge in [-0.1, -0.05) is 0 Å². The molecule has 3 aliphatic heterocycles. The number of carbonyl (C=O) groups excluding carboxylic acids is 1. The molecule has 3 fully saturated rings. The predicted molar refractivity (Wildman–Crippen MR) is 90.0 cm³/mol. The van der Waals surface area contributed by atoms with Gasteiger partial charge in [0.1, 0.15) is 6.26 Å². The second-order valence-corrected chi connectivity index (χ2v) is 8.47. The monoisotopic (exact) mass is 349 g/mol. The molecule has 5 nitrogen and oxygen atoms in total. The lowest BCUT2D eigenvalue weighted by Crippen LogP contribution is -2.62. The highest BCUT2D eigenvalue weighted by Crippen LogP contribution is 2.34. The predicted octanol–water partition coefficient (Wildman–Crippen LogP) is 3.10. The van der Waals surface area contributed by atoms with Gasteiger partial charge in [-0.3, -0.25) is 9.69 Å². The Balaban J connectivity index is 1.42. The maximum absolute atomic E-state index is 12.6.